The summed E-state index contributed by atoms with van der Waals surface area (Å²) in [5, 5.41) is 0. The predicted molar refractivity (Wildman–Crippen MR) is 64.8 cm³/mol. The Bertz CT molecular complexity index is 551. The zero-order chi connectivity index (χ0) is 13.5. The van der Waals surface area contributed by atoms with Crippen molar-refractivity contribution in [3.8, 4) is 5.75 Å². The van der Waals surface area contributed by atoms with E-state index in [1.807, 2.05) is 0 Å². The number of benzene rings is 1. The third-order valence-corrected chi connectivity index (χ3v) is 3.56. The summed E-state index contributed by atoms with van der Waals surface area (Å²) in [4.78, 5) is 22.7. The summed E-state index contributed by atoms with van der Waals surface area (Å²) in [6, 6.07) is 5.15. The molecule has 0 aromatic heterocycles. The minimum absolute atomic E-state index is 0.213. The van der Waals surface area contributed by atoms with Gasteiger partial charge in [-0.15, -0.1) is 0 Å². The highest BCUT2D eigenvalue weighted by atomic mass is 16.7. The van der Waals surface area contributed by atoms with Gasteiger partial charge in [0, 0.05) is 12.8 Å². The molecule has 1 aromatic carbocycles. The topological polar surface area (TPSA) is 61.8 Å². The number of hydrogen-bond acceptors (Lipinski definition) is 5. The van der Waals surface area contributed by atoms with Crippen LogP contribution in [0.4, 0.5) is 0 Å². The fourth-order valence-corrected chi connectivity index (χ4v) is 2.55. The molecule has 100 valence electrons. The molecule has 2 heterocycles. The Balaban J connectivity index is 1.87. The Hall–Kier alpha value is -2.04. The molecule has 0 aliphatic carbocycles. The van der Waals surface area contributed by atoms with E-state index in [-0.39, 0.29) is 11.9 Å². The molecular formula is C14H14O5. The molecule has 1 saturated heterocycles. The van der Waals surface area contributed by atoms with Gasteiger partial charge in [-0.05, 0) is 30.2 Å². The molecule has 2 aliphatic rings. The lowest BCUT2D eigenvalue weighted by molar-refractivity contribution is -0.183. The molecule has 0 amide bonds. The molecular weight excluding hydrogens is 248 g/mol. The van der Waals surface area contributed by atoms with Crippen LogP contribution in [0.2, 0.25) is 0 Å². The molecule has 1 spiro atoms. The van der Waals surface area contributed by atoms with Gasteiger partial charge in [-0.25, -0.2) is 4.79 Å². The molecule has 1 unspecified atom stereocenters. The number of esters is 2. The average molecular weight is 262 g/mol. The van der Waals surface area contributed by atoms with E-state index in [1.165, 1.54) is 7.11 Å². The van der Waals surface area contributed by atoms with Gasteiger partial charge in [0.25, 0.3) is 5.79 Å². The first kappa shape index (κ1) is 12.0. The van der Waals surface area contributed by atoms with Crippen LogP contribution >= 0.6 is 0 Å². The fraction of sp³-hybridized carbons (Fsp3) is 0.429. The van der Waals surface area contributed by atoms with E-state index in [2.05, 4.69) is 4.74 Å². The number of ether oxygens (including phenoxy) is 3. The molecule has 0 bridgehead atoms. The molecule has 19 heavy (non-hydrogen) atoms. The minimum Gasteiger partial charge on any atom is -0.465 e. The van der Waals surface area contributed by atoms with Crippen molar-refractivity contribution in [2.45, 2.75) is 31.5 Å². The van der Waals surface area contributed by atoms with Gasteiger partial charge >= 0.3 is 11.9 Å². The van der Waals surface area contributed by atoms with Crippen molar-refractivity contribution in [2.24, 2.45) is 0 Å². The van der Waals surface area contributed by atoms with E-state index < -0.39 is 5.79 Å². The first-order valence-corrected chi connectivity index (χ1v) is 6.24. The number of methoxy groups -OCH3 is 1. The van der Waals surface area contributed by atoms with Crippen LogP contribution in [-0.2, 0) is 20.7 Å². The smallest absolute Gasteiger partial charge is 0.337 e. The number of carbonyl (C=O) groups is 2. The van der Waals surface area contributed by atoms with Gasteiger partial charge in [-0.2, -0.15) is 0 Å². The van der Waals surface area contributed by atoms with Crippen molar-refractivity contribution in [3.63, 3.8) is 0 Å². The van der Waals surface area contributed by atoms with Crippen molar-refractivity contribution in [3.05, 3.63) is 29.3 Å². The van der Waals surface area contributed by atoms with Crippen LogP contribution in [0.25, 0.3) is 0 Å². The first-order valence-electron chi connectivity index (χ1n) is 6.24. The van der Waals surface area contributed by atoms with Crippen molar-refractivity contribution >= 4 is 11.9 Å². The van der Waals surface area contributed by atoms with E-state index >= 15 is 0 Å². The summed E-state index contributed by atoms with van der Waals surface area (Å²) in [6.07, 6.45) is 2.32. The van der Waals surface area contributed by atoms with Gasteiger partial charge in [0.2, 0.25) is 0 Å². The number of aryl methyl sites for hydroxylation is 1. The molecule has 1 aromatic rings. The van der Waals surface area contributed by atoms with Crippen LogP contribution < -0.4 is 4.74 Å². The maximum atomic E-state index is 11.5. The van der Waals surface area contributed by atoms with E-state index in [9.17, 15) is 9.59 Å². The van der Waals surface area contributed by atoms with Crippen molar-refractivity contribution < 1.29 is 23.8 Å². The number of fused-ring (bicyclic) bond motifs is 1. The van der Waals surface area contributed by atoms with Crippen molar-refractivity contribution in [1.29, 1.82) is 0 Å². The van der Waals surface area contributed by atoms with E-state index in [0.29, 0.717) is 37.0 Å². The molecule has 0 N–H and O–H groups in total. The van der Waals surface area contributed by atoms with Crippen molar-refractivity contribution in [1.82, 2.24) is 0 Å². The summed E-state index contributed by atoms with van der Waals surface area (Å²) in [5.74, 6) is -0.699. The highest BCUT2D eigenvalue weighted by Crippen LogP contribution is 2.40. The van der Waals surface area contributed by atoms with E-state index in [4.69, 9.17) is 9.47 Å². The monoisotopic (exact) mass is 262 g/mol. The number of hydrogen-bond donors (Lipinski definition) is 0. The maximum absolute atomic E-state index is 11.5. The largest absolute Gasteiger partial charge is 0.465 e. The lowest BCUT2D eigenvalue weighted by Gasteiger charge is -2.33. The standard InChI is InChI=1S/C14H14O5/c1-17-13(16)10-2-3-11-9(8-10)4-6-14(18-11)7-5-12(15)19-14/h2-3,8H,4-7H2,1H3. The second kappa shape index (κ2) is 4.26. The van der Waals surface area contributed by atoms with Gasteiger partial charge in [-0.1, -0.05) is 0 Å². The molecule has 5 heteroatoms. The number of rotatable bonds is 1. The maximum Gasteiger partial charge on any atom is 0.337 e. The molecule has 1 atom stereocenters. The Morgan fingerprint density at radius 3 is 2.74 bits per heavy atom. The van der Waals surface area contributed by atoms with Gasteiger partial charge in [0.05, 0.1) is 19.1 Å². The predicted octanol–water partition coefficient (Wildman–Crippen LogP) is 1.83. The Morgan fingerprint density at radius 2 is 2.05 bits per heavy atom. The zero-order valence-electron chi connectivity index (χ0n) is 10.6. The molecule has 2 aliphatic heterocycles. The highest BCUT2D eigenvalue weighted by Gasteiger charge is 2.45. The lowest BCUT2D eigenvalue weighted by atomic mass is 9.96. The Kier molecular flexibility index (Phi) is 2.69. The second-order valence-electron chi connectivity index (χ2n) is 4.80. The Morgan fingerprint density at radius 1 is 1.26 bits per heavy atom. The van der Waals surface area contributed by atoms with Crippen LogP contribution in [-0.4, -0.2) is 24.8 Å². The van der Waals surface area contributed by atoms with Crippen LogP contribution in [0.3, 0.4) is 0 Å². The summed E-state index contributed by atoms with van der Waals surface area (Å²) in [6.45, 7) is 0. The second-order valence-corrected chi connectivity index (χ2v) is 4.80. The van der Waals surface area contributed by atoms with Gasteiger partial charge in [0.15, 0.2) is 0 Å². The number of carbonyl (C=O) groups excluding carboxylic acids is 2. The Labute approximate surface area is 110 Å². The van der Waals surface area contributed by atoms with E-state index in [1.54, 1.807) is 18.2 Å². The third-order valence-electron chi connectivity index (χ3n) is 3.56. The molecule has 5 nitrogen and oxygen atoms in total. The van der Waals surface area contributed by atoms with Crippen LogP contribution in [0.5, 0.6) is 5.75 Å². The normalized spacial score (nSPS) is 24.6. The molecule has 0 saturated carbocycles. The summed E-state index contributed by atoms with van der Waals surface area (Å²) < 4.78 is 15.8. The van der Waals surface area contributed by atoms with Gasteiger partial charge in [0.1, 0.15) is 5.75 Å². The third kappa shape index (κ3) is 2.05. The summed E-state index contributed by atoms with van der Waals surface area (Å²) in [5.41, 5.74) is 1.45. The average Bonchev–Trinajstić information content (AvgIpc) is 2.78. The minimum atomic E-state index is -0.795. The van der Waals surface area contributed by atoms with Crippen LogP contribution in [0.15, 0.2) is 18.2 Å². The molecule has 0 radical (unpaired) electrons. The van der Waals surface area contributed by atoms with Gasteiger partial charge < -0.3 is 14.2 Å². The van der Waals surface area contributed by atoms with Crippen LogP contribution in [0.1, 0.15) is 35.2 Å². The van der Waals surface area contributed by atoms with Crippen molar-refractivity contribution in [2.75, 3.05) is 7.11 Å². The van der Waals surface area contributed by atoms with Crippen LogP contribution in [0, 0.1) is 0 Å². The SMILES string of the molecule is COC(=O)c1ccc2c(c1)CCC1(CCC(=O)O1)O2. The zero-order valence-corrected chi connectivity index (χ0v) is 10.6. The first-order chi connectivity index (χ1) is 9.12. The molecule has 1 fully saturated rings. The quantitative estimate of drug-likeness (QED) is 0.722. The summed E-state index contributed by atoms with van der Waals surface area (Å²) in [7, 11) is 1.35. The lowest BCUT2D eigenvalue weighted by Crippen LogP contribution is -2.39. The summed E-state index contributed by atoms with van der Waals surface area (Å²) >= 11 is 0. The fourth-order valence-electron chi connectivity index (χ4n) is 2.55. The van der Waals surface area contributed by atoms with Gasteiger partial charge in [-0.3, -0.25) is 4.79 Å². The highest BCUT2D eigenvalue weighted by molar-refractivity contribution is 5.89. The molecule has 3 rings (SSSR count). The van der Waals surface area contributed by atoms with E-state index in [0.717, 1.165) is 5.56 Å².